The van der Waals surface area contributed by atoms with Crippen LogP contribution in [0.4, 0.5) is 0 Å². The van der Waals surface area contributed by atoms with Crippen LogP contribution in [-0.4, -0.2) is 15.0 Å². The van der Waals surface area contributed by atoms with Gasteiger partial charge >= 0.3 is 0 Å². The largest absolute Gasteiger partial charge is 0.456 e. The fourth-order valence-corrected chi connectivity index (χ4v) is 8.45. The normalized spacial score (nSPS) is 13.5. The molecule has 5 heteroatoms. The number of thiophene rings is 1. The highest BCUT2D eigenvalue weighted by atomic mass is 32.1. The van der Waals surface area contributed by atoms with E-state index in [9.17, 15) is 0 Å². The monoisotopic (exact) mass is 621 g/mol. The van der Waals surface area contributed by atoms with Crippen LogP contribution < -0.4 is 0 Å². The number of hydrogen-bond donors (Lipinski definition) is 0. The smallest absolute Gasteiger partial charge is 0.164 e. The highest BCUT2D eigenvalue weighted by molar-refractivity contribution is 7.25. The molecule has 6 aromatic carbocycles. The van der Waals surface area contributed by atoms with Gasteiger partial charge in [0.1, 0.15) is 11.2 Å². The second-order valence-electron chi connectivity index (χ2n) is 12.9. The number of fused-ring (bicyclic) bond motifs is 9. The standard InChI is InChI=1S/C42H27N3OS/c1-42(2)33-14-8-6-12-27(33)28-18-16-25(20-34(28)42)40-43-39(24-10-4-3-5-11-24)44-41(45-40)26-17-19-29-31-23-38-32(22-36(31)46-35(29)21-26)30-13-7-9-15-37(30)47-38/h3-23H,1-2H3. The summed E-state index contributed by atoms with van der Waals surface area (Å²) in [6, 6.07) is 44.8. The minimum Gasteiger partial charge on any atom is -0.456 e. The maximum Gasteiger partial charge on any atom is 0.164 e. The first-order valence-electron chi connectivity index (χ1n) is 15.9. The lowest BCUT2D eigenvalue weighted by Crippen LogP contribution is -2.15. The maximum absolute atomic E-state index is 6.51. The summed E-state index contributed by atoms with van der Waals surface area (Å²) < 4.78 is 9.06. The summed E-state index contributed by atoms with van der Waals surface area (Å²) in [6.07, 6.45) is 0. The zero-order valence-electron chi connectivity index (χ0n) is 25.8. The van der Waals surface area contributed by atoms with Crippen molar-refractivity contribution in [1.29, 1.82) is 0 Å². The molecule has 1 aliphatic carbocycles. The Morgan fingerprint density at radius 2 is 1.13 bits per heavy atom. The summed E-state index contributed by atoms with van der Waals surface area (Å²) in [5.74, 6) is 1.91. The molecule has 3 heterocycles. The summed E-state index contributed by atoms with van der Waals surface area (Å²) in [5, 5.41) is 4.70. The van der Waals surface area contributed by atoms with Gasteiger partial charge in [-0.25, -0.2) is 15.0 Å². The van der Waals surface area contributed by atoms with Crippen LogP contribution >= 0.6 is 11.3 Å². The van der Waals surface area contributed by atoms with Crippen molar-refractivity contribution in [2.75, 3.05) is 0 Å². The quantitative estimate of drug-likeness (QED) is 0.197. The van der Waals surface area contributed by atoms with Crippen molar-refractivity contribution in [3.05, 3.63) is 139 Å². The second kappa shape index (κ2) is 9.68. The van der Waals surface area contributed by atoms with E-state index in [2.05, 4.69) is 111 Å². The lowest BCUT2D eigenvalue weighted by molar-refractivity contribution is 0.660. The van der Waals surface area contributed by atoms with E-state index >= 15 is 0 Å². The molecule has 0 bridgehead atoms. The molecule has 47 heavy (non-hydrogen) atoms. The number of nitrogens with zero attached hydrogens (tertiary/aromatic N) is 3. The SMILES string of the molecule is CC1(C)c2ccccc2-c2ccc(-c3nc(-c4ccccc4)nc(-c4ccc5c(c4)oc4cc6c(cc45)sc4ccccc46)n3)cc21. The molecule has 0 N–H and O–H groups in total. The van der Waals surface area contributed by atoms with Crippen LogP contribution in [0.25, 0.3) is 87.4 Å². The van der Waals surface area contributed by atoms with E-state index in [0.717, 1.165) is 38.6 Å². The highest BCUT2D eigenvalue weighted by Crippen LogP contribution is 2.49. The molecule has 0 spiro atoms. The van der Waals surface area contributed by atoms with E-state index in [0.29, 0.717) is 17.5 Å². The predicted octanol–water partition coefficient (Wildman–Crippen LogP) is 11.4. The van der Waals surface area contributed by atoms with E-state index in [1.807, 2.05) is 41.7 Å². The Kier molecular flexibility index (Phi) is 5.47. The molecule has 0 amide bonds. The van der Waals surface area contributed by atoms with Crippen LogP contribution in [-0.2, 0) is 5.41 Å². The van der Waals surface area contributed by atoms with Crippen LogP contribution in [0.15, 0.2) is 132 Å². The first-order chi connectivity index (χ1) is 23.0. The van der Waals surface area contributed by atoms with Crippen molar-refractivity contribution in [1.82, 2.24) is 15.0 Å². The fraction of sp³-hybridized carbons (Fsp3) is 0.0714. The van der Waals surface area contributed by atoms with Crippen LogP contribution in [0.3, 0.4) is 0 Å². The molecular formula is C42H27N3OS. The van der Waals surface area contributed by atoms with E-state index in [-0.39, 0.29) is 5.41 Å². The Morgan fingerprint density at radius 1 is 0.468 bits per heavy atom. The molecule has 4 nitrogen and oxygen atoms in total. The van der Waals surface area contributed by atoms with Gasteiger partial charge in [-0.1, -0.05) is 105 Å². The van der Waals surface area contributed by atoms with Gasteiger partial charge in [-0.2, -0.15) is 0 Å². The van der Waals surface area contributed by atoms with Crippen LogP contribution in [0.1, 0.15) is 25.0 Å². The van der Waals surface area contributed by atoms with Crippen LogP contribution in [0.5, 0.6) is 0 Å². The first kappa shape index (κ1) is 26.6. The van der Waals surface area contributed by atoms with Gasteiger partial charge in [0.15, 0.2) is 17.5 Å². The lowest BCUT2D eigenvalue weighted by Gasteiger charge is -2.21. The van der Waals surface area contributed by atoms with Gasteiger partial charge in [0.05, 0.1) is 0 Å². The van der Waals surface area contributed by atoms with Gasteiger partial charge in [0, 0.05) is 53.1 Å². The van der Waals surface area contributed by atoms with Gasteiger partial charge in [-0.05, 0) is 58.7 Å². The second-order valence-corrected chi connectivity index (χ2v) is 13.9. The van der Waals surface area contributed by atoms with Gasteiger partial charge in [0.25, 0.3) is 0 Å². The van der Waals surface area contributed by atoms with Crippen molar-refractivity contribution in [2.24, 2.45) is 0 Å². The van der Waals surface area contributed by atoms with E-state index in [4.69, 9.17) is 19.4 Å². The summed E-state index contributed by atoms with van der Waals surface area (Å²) in [6.45, 7) is 4.59. The molecule has 0 atom stereocenters. The molecule has 3 aromatic heterocycles. The minimum atomic E-state index is -0.118. The summed E-state index contributed by atoms with van der Waals surface area (Å²) in [4.78, 5) is 15.1. The van der Waals surface area contributed by atoms with Crippen LogP contribution in [0, 0.1) is 0 Å². The van der Waals surface area contributed by atoms with Crippen molar-refractivity contribution in [2.45, 2.75) is 19.3 Å². The minimum absolute atomic E-state index is 0.118. The molecule has 0 aliphatic heterocycles. The van der Waals surface area contributed by atoms with Gasteiger partial charge in [-0.15, -0.1) is 11.3 Å². The Hall–Kier alpha value is -5.65. The van der Waals surface area contributed by atoms with Crippen LogP contribution in [0.2, 0.25) is 0 Å². The number of rotatable bonds is 3. The third kappa shape index (κ3) is 3.96. The molecule has 0 saturated heterocycles. The van der Waals surface area contributed by atoms with Gasteiger partial charge in [-0.3, -0.25) is 0 Å². The van der Waals surface area contributed by atoms with Gasteiger partial charge in [0.2, 0.25) is 0 Å². The van der Waals surface area contributed by atoms with Gasteiger partial charge < -0.3 is 4.42 Å². The fourth-order valence-electron chi connectivity index (χ4n) is 7.33. The van der Waals surface area contributed by atoms with E-state index in [1.165, 1.54) is 42.4 Å². The maximum atomic E-state index is 6.51. The summed E-state index contributed by atoms with van der Waals surface area (Å²) >= 11 is 1.82. The molecule has 0 radical (unpaired) electrons. The Morgan fingerprint density at radius 3 is 1.98 bits per heavy atom. The Balaban J connectivity index is 1.13. The first-order valence-corrected chi connectivity index (χ1v) is 16.7. The molecule has 0 fully saturated rings. The number of hydrogen-bond acceptors (Lipinski definition) is 5. The Labute approximate surface area is 275 Å². The number of furan rings is 1. The predicted molar refractivity (Wildman–Crippen MR) is 194 cm³/mol. The molecule has 9 aromatic rings. The van der Waals surface area contributed by atoms with Crippen molar-refractivity contribution < 1.29 is 4.42 Å². The highest BCUT2D eigenvalue weighted by Gasteiger charge is 2.35. The topological polar surface area (TPSA) is 51.8 Å². The average Bonchev–Trinajstić information content (AvgIpc) is 3.74. The number of aromatic nitrogens is 3. The lowest BCUT2D eigenvalue weighted by atomic mass is 9.82. The molecular weight excluding hydrogens is 595 g/mol. The zero-order chi connectivity index (χ0) is 31.3. The van der Waals surface area contributed by atoms with E-state index < -0.39 is 0 Å². The molecule has 0 unspecified atom stereocenters. The molecule has 222 valence electrons. The van der Waals surface area contributed by atoms with E-state index in [1.54, 1.807) is 0 Å². The molecule has 0 saturated carbocycles. The van der Waals surface area contributed by atoms with Crippen molar-refractivity contribution in [3.8, 4) is 45.3 Å². The van der Waals surface area contributed by atoms with Crippen molar-refractivity contribution >= 4 is 53.4 Å². The average molecular weight is 622 g/mol. The third-order valence-corrected chi connectivity index (χ3v) is 10.9. The summed E-state index contributed by atoms with van der Waals surface area (Å²) in [5.41, 5.74) is 9.60. The zero-order valence-corrected chi connectivity index (χ0v) is 26.6. The third-order valence-electron chi connectivity index (χ3n) is 9.74. The Bertz CT molecular complexity index is 2720. The molecule has 10 rings (SSSR count). The van der Waals surface area contributed by atoms with Crippen molar-refractivity contribution in [3.63, 3.8) is 0 Å². The number of benzene rings is 6. The molecule has 1 aliphatic rings. The summed E-state index contributed by atoms with van der Waals surface area (Å²) in [7, 11) is 0.